The second kappa shape index (κ2) is 5.36. The van der Waals surface area contributed by atoms with E-state index in [9.17, 15) is 9.90 Å². The lowest BCUT2D eigenvalue weighted by Gasteiger charge is -2.21. The van der Waals surface area contributed by atoms with Gasteiger partial charge < -0.3 is 19.5 Å². The molecule has 0 saturated heterocycles. The maximum absolute atomic E-state index is 12.5. The molecular formula is C16H15NO4. The fourth-order valence-electron chi connectivity index (χ4n) is 2.16. The number of ether oxygens (including phenoxy) is 2. The standard InChI is InChI=1S/C16H15NO4/c1-17(12-3-5-13(18)6-4-12)16(19)11-2-7-14-15(10-11)21-9-8-20-14/h2-7,10,18H,8-9H2,1H3. The summed E-state index contributed by atoms with van der Waals surface area (Å²) in [5.41, 5.74) is 1.22. The highest BCUT2D eigenvalue weighted by atomic mass is 16.6. The smallest absolute Gasteiger partial charge is 0.258 e. The molecule has 5 heteroatoms. The molecule has 0 bridgehead atoms. The van der Waals surface area contributed by atoms with Gasteiger partial charge in [-0.15, -0.1) is 0 Å². The third kappa shape index (κ3) is 2.63. The summed E-state index contributed by atoms with van der Waals surface area (Å²) in [5, 5.41) is 9.29. The summed E-state index contributed by atoms with van der Waals surface area (Å²) in [6.07, 6.45) is 0. The lowest BCUT2D eigenvalue weighted by Crippen LogP contribution is -2.26. The molecule has 0 aliphatic carbocycles. The molecule has 0 atom stereocenters. The van der Waals surface area contributed by atoms with Crippen molar-refractivity contribution in [1.82, 2.24) is 0 Å². The highest BCUT2D eigenvalue weighted by Crippen LogP contribution is 2.31. The third-order valence-corrected chi connectivity index (χ3v) is 3.33. The van der Waals surface area contributed by atoms with Crippen LogP contribution in [0.15, 0.2) is 42.5 Å². The quantitative estimate of drug-likeness (QED) is 0.920. The van der Waals surface area contributed by atoms with Crippen LogP contribution in [0.3, 0.4) is 0 Å². The van der Waals surface area contributed by atoms with E-state index in [1.54, 1.807) is 49.5 Å². The summed E-state index contributed by atoms with van der Waals surface area (Å²) in [6.45, 7) is 1.01. The Morgan fingerprint density at radius 3 is 2.43 bits per heavy atom. The number of phenolic OH excluding ortho intramolecular Hbond substituents is 1. The first kappa shape index (κ1) is 13.3. The summed E-state index contributed by atoms with van der Waals surface area (Å²) in [4.78, 5) is 14.0. The number of hydrogen-bond acceptors (Lipinski definition) is 4. The van der Waals surface area contributed by atoms with E-state index >= 15 is 0 Å². The van der Waals surface area contributed by atoms with Gasteiger partial charge in [-0.3, -0.25) is 4.79 Å². The SMILES string of the molecule is CN(C(=O)c1ccc2c(c1)OCCO2)c1ccc(O)cc1. The van der Waals surface area contributed by atoms with Gasteiger partial charge in [-0.25, -0.2) is 0 Å². The van der Waals surface area contributed by atoms with Gasteiger partial charge in [-0.05, 0) is 42.5 Å². The molecule has 1 aliphatic heterocycles. The minimum atomic E-state index is -0.155. The highest BCUT2D eigenvalue weighted by molar-refractivity contribution is 6.06. The summed E-state index contributed by atoms with van der Waals surface area (Å²) < 4.78 is 10.9. The van der Waals surface area contributed by atoms with Gasteiger partial charge in [-0.2, -0.15) is 0 Å². The van der Waals surface area contributed by atoms with Crippen LogP contribution in [-0.4, -0.2) is 31.3 Å². The molecule has 21 heavy (non-hydrogen) atoms. The van der Waals surface area contributed by atoms with Crippen LogP contribution in [-0.2, 0) is 0 Å². The van der Waals surface area contributed by atoms with Gasteiger partial charge in [0.15, 0.2) is 11.5 Å². The Morgan fingerprint density at radius 1 is 1.05 bits per heavy atom. The largest absolute Gasteiger partial charge is 0.508 e. The van der Waals surface area contributed by atoms with Gasteiger partial charge in [0, 0.05) is 18.3 Å². The number of nitrogens with zero attached hydrogens (tertiary/aromatic N) is 1. The lowest BCUT2D eigenvalue weighted by molar-refractivity contribution is 0.0991. The Hall–Kier alpha value is -2.69. The van der Waals surface area contributed by atoms with E-state index in [4.69, 9.17) is 9.47 Å². The number of aromatic hydroxyl groups is 1. The highest BCUT2D eigenvalue weighted by Gasteiger charge is 2.18. The van der Waals surface area contributed by atoms with Crippen molar-refractivity contribution in [3.8, 4) is 17.2 Å². The fraction of sp³-hybridized carbons (Fsp3) is 0.188. The van der Waals surface area contributed by atoms with E-state index in [0.717, 1.165) is 0 Å². The zero-order chi connectivity index (χ0) is 14.8. The average molecular weight is 285 g/mol. The molecule has 3 rings (SSSR count). The van der Waals surface area contributed by atoms with E-state index in [1.165, 1.54) is 4.90 Å². The van der Waals surface area contributed by atoms with Gasteiger partial charge in [-0.1, -0.05) is 0 Å². The summed E-state index contributed by atoms with van der Waals surface area (Å²) in [7, 11) is 1.69. The molecule has 0 unspecified atom stereocenters. The molecule has 0 fully saturated rings. The molecule has 1 amide bonds. The second-order valence-corrected chi connectivity index (χ2v) is 4.74. The van der Waals surface area contributed by atoms with Gasteiger partial charge in [0.1, 0.15) is 19.0 Å². The summed E-state index contributed by atoms with van der Waals surface area (Å²) in [5.74, 6) is 1.26. The van der Waals surface area contributed by atoms with Crippen LogP contribution < -0.4 is 14.4 Å². The zero-order valence-corrected chi connectivity index (χ0v) is 11.6. The van der Waals surface area contributed by atoms with Gasteiger partial charge in [0.2, 0.25) is 0 Å². The maximum atomic E-state index is 12.5. The van der Waals surface area contributed by atoms with Crippen molar-refractivity contribution in [2.75, 3.05) is 25.2 Å². The molecular weight excluding hydrogens is 270 g/mol. The number of rotatable bonds is 2. The number of fused-ring (bicyclic) bond motifs is 1. The predicted molar refractivity (Wildman–Crippen MR) is 78.3 cm³/mol. The molecule has 0 spiro atoms. The number of phenols is 1. The first-order valence-corrected chi connectivity index (χ1v) is 6.62. The van der Waals surface area contributed by atoms with E-state index < -0.39 is 0 Å². The topological polar surface area (TPSA) is 59.0 Å². The Balaban J connectivity index is 1.86. The molecule has 1 aliphatic rings. The number of carbonyl (C=O) groups excluding carboxylic acids is 1. The Morgan fingerprint density at radius 2 is 1.71 bits per heavy atom. The minimum absolute atomic E-state index is 0.155. The molecule has 2 aromatic rings. The lowest BCUT2D eigenvalue weighted by atomic mass is 10.1. The van der Waals surface area contributed by atoms with Crippen LogP contribution in [0.4, 0.5) is 5.69 Å². The normalized spacial score (nSPS) is 12.8. The zero-order valence-electron chi connectivity index (χ0n) is 11.6. The average Bonchev–Trinajstić information content (AvgIpc) is 2.54. The third-order valence-electron chi connectivity index (χ3n) is 3.33. The van der Waals surface area contributed by atoms with Crippen molar-refractivity contribution in [2.24, 2.45) is 0 Å². The number of hydrogen-bond donors (Lipinski definition) is 1. The molecule has 1 N–H and O–H groups in total. The van der Waals surface area contributed by atoms with Crippen molar-refractivity contribution in [3.63, 3.8) is 0 Å². The van der Waals surface area contributed by atoms with E-state index in [-0.39, 0.29) is 11.7 Å². The molecule has 0 aromatic heterocycles. The molecule has 5 nitrogen and oxygen atoms in total. The van der Waals surface area contributed by atoms with Crippen molar-refractivity contribution >= 4 is 11.6 Å². The Labute approximate surface area is 122 Å². The molecule has 0 saturated carbocycles. The van der Waals surface area contributed by atoms with Crippen molar-refractivity contribution in [2.45, 2.75) is 0 Å². The van der Waals surface area contributed by atoms with E-state index in [1.807, 2.05) is 0 Å². The van der Waals surface area contributed by atoms with Crippen LogP contribution in [0, 0.1) is 0 Å². The van der Waals surface area contributed by atoms with E-state index in [0.29, 0.717) is 36.0 Å². The van der Waals surface area contributed by atoms with E-state index in [2.05, 4.69) is 0 Å². The number of amides is 1. The van der Waals surface area contributed by atoms with Crippen LogP contribution in [0.1, 0.15) is 10.4 Å². The van der Waals surface area contributed by atoms with Crippen molar-refractivity contribution < 1.29 is 19.4 Å². The molecule has 2 aromatic carbocycles. The molecule has 1 heterocycles. The van der Waals surface area contributed by atoms with Gasteiger partial charge in [0.05, 0.1) is 0 Å². The van der Waals surface area contributed by atoms with Crippen LogP contribution in [0.5, 0.6) is 17.2 Å². The minimum Gasteiger partial charge on any atom is -0.508 e. The predicted octanol–water partition coefficient (Wildman–Crippen LogP) is 2.44. The summed E-state index contributed by atoms with van der Waals surface area (Å²) in [6, 6.07) is 11.6. The van der Waals surface area contributed by atoms with Crippen LogP contribution >= 0.6 is 0 Å². The first-order chi connectivity index (χ1) is 10.1. The first-order valence-electron chi connectivity index (χ1n) is 6.62. The maximum Gasteiger partial charge on any atom is 0.258 e. The van der Waals surface area contributed by atoms with Gasteiger partial charge >= 0.3 is 0 Å². The van der Waals surface area contributed by atoms with Crippen LogP contribution in [0.2, 0.25) is 0 Å². The monoisotopic (exact) mass is 285 g/mol. The Kier molecular flexibility index (Phi) is 3.39. The number of carbonyl (C=O) groups is 1. The van der Waals surface area contributed by atoms with Crippen LogP contribution in [0.25, 0.3) is 0 Å². The second-order valence-electron chi connectivity index (χ2n) is 4.74. The van der Waals surface area contributed by atoms with Crippen molar-refractivity contribution in [1.29, 1.82) is 0 Å². The number of benzene rings is 2. The summed E-state index contributed by atoms with van der Waals surface area (Å²) >= 11 is 0. The van der Waals surface area contributed by atoms with Gasteiger partial charge in [0.25, 0.3) is 5.91 Å². The fourth-order valence-corrected chi connectivity index (χ4v) is 2.16. The Bertz CT molecular complexity index is 666. The van der Waals surface area contributed by atoms with Crippen molar-refractivity contribution in [3.05, 3.63) is 48.0 Å². The number of anilines is 1. The molecule has 108 valence electrons. The molecule has 0 radical (unpaired) electrons.